The second kappa shape index (κ2) is 5.68. The molecule has 1 amide bonds. The fraction of sp³-hybridized carbons (Fsp3) is 0.438. The van der Waals surface area contributed by atoms with Crippen molar-refractivity contribution in [2.75, 3.05) is 31.6 Å². The molecule has 0 spiro atoms. The summed E-state index contributed by atoms with van der Waals surface area (Å²) < 4.78 is 0. The van der Waals surface area contributed by atoms with Gasteiger partial charge in [-0.2, -0.15) is 0 Å². The van der Waals surface area contributed by atoms with Gasteiger partial charge in [-0.25, -0.2) is 9.97 Å². The second-order valence-electron chi connectivity index (χ2n) is 5.57. The van der Waals surface area contributed by atoms with Gasteiger partial charge in [0.05, 0.1) is 23.3 Å². The number of benzene rings is 1. The van der Waals surface area contributed by atoms with E-state index in [-0.39, 0.29) is 5.91 Å². The van der Waals surface area contributed by atoms with E-state index in [2.05, 4.69) is 9.97 Å². The first-order chi connectivity index (χ1) is 10.1. The molecule has 1 aromatic heterocycles. The number of carbonyl (C=O) groups is 1. The number of anilines is 1. The van der Waals surface area contributed by atoms with Crippen LogP contribution in [0.25, 0.3) is 11.0 Å². The molecule has 3 rings (SSSR count). The van der Waals surface area contributed by atoms with Gasteiger partial charge >= 0.3 is 0 Å². The summed E-state index contributed by atoms with van der Waals surface area (Å²) in [6.07, 6.45) is 2.23. The molecule has 2 aromatic rings. The van der Waals surface area contributed by atoms with Gasteiger partial charge in [0.2, 0.25) is 5.91 Å². The van der Waals surface area contributed by atoms with Gasteiger partial charge in [0.15, 0.2) is 5.82 Å². The van der Waals surface area contributed by atoms with Crippen LogP contribution in [-0.2, 0) is 4.79 Å². The Morgan fingerprint density at radius 3 is 2.48 bits per heavy atom. The number of aromatic nitrogens is 2. The molecule has 1 aliphatic rings. The molecule has 1 aromatic carbocycles. The summed E-state index contributed by atoms with van der Waals surface area (Å²) in [5.41, 5.74) is 2.60. The van der Waals surface area contributed by atoms with Gasteiger partial charge in [0.25, 0.3) is 0 Å². The molecule has 0 N–H and O–H groups in total. The van der Waals surface area contributed by atoms with Crippen molar-refractivity contribution in [3.05, 3.63) is 30.0 Å². The van der Waals surface area contributed by atoms with Crippen LogP contribution in [0.1, 0.15) is 18.5 Å². The Morgan fingerprint density at radius 1 is 1.19 bits per heavy atom. The second-order valence-corrected chi connectivity index (χ2v) is 5.57. The van der Waals surface area contributed by atoms with Gasteiger partial charge < -0.3 is 9.80 Å². The van der Waals surface area contributed by atoms with Crippen LogP contribution >= 0.6 is 0 Å². The molecule has 0 aliphatic carbocycles. The summed E-state index contributed by atoms with van der Waals surface area (Å²) in [5, 5.41) is 0. The van der Waals surface area contributed by atoms with E-state index in [1.165, 1.54) is 0 Å². The van der Waals surface area contributed by atoms with E-state index in [1.54, 1.807) is 0 Å². The molecule has 0 atom stereocenters. The van der Waals surface area contributed by atoms with Crippen LogP contribution in [0, 0.1) is 6.92 Å². The number of carbonyl (C=O) groups excluding carboxylic acids is 1. The zero-order chi connectivity index (χ0) is 14.8. The molecule has 5 nitrogen and oxygen atoms in total. The molecule has 0 saturated carbocycles. The number of aryl methyl sites for hydroxylation is 1. The highest BCUT2D eigenvalue weighted by atomic mass is 16.2. The first kappa shape index (κ1) is 13.8. The number of hydrogen-bond acceptors (Lipinski definition) is 4. The van der Waals surface area contributed by atoms with Gasteiger partial charge in [0.1, 0.15) is 0 Å². The maximum absolute atomic E-state index is 12.2. The van der Waals surface area contributed by atoms with E-state index in [4.69, 9.17) is 0 Å². The summed E-state index contributed by atoms with van der Waals surface area (Å²) in [5.74, 6) is 0.950. The molecule has 1 aliphatic heterocycles. The quantitative estimate of drug-likeness (QED) is 0.865. The number of fused-ring (bicyclic) bond motifs is 1. The van der Waals surface area contributed by atoms with Crippen LogP contribution < -0.4 is 4.90 Å². The normalized spacial score (nSPS) is 14.7. The van der Waals surface area contributed by atoms with Gasteiger partial charge in [-0.3, -0.25) is 4.79 Å². The Hall–Kier alpha value is -2.17. The fourth-order valence-corrected chi connectivity index (χ4v) is 2.78. The van der Waals surface area contributed by atoms with E-state index in [9.17, 15) is 4.79 Å². The number of rotatable bonds is 3. The average molecular weight is 284 g/mol. The van der Waals surface area contributed by atoms with Crippen LogP contribution in [0.15, 0.2) is 24.3 Å². The summed E-state index contributed by atoms with van der Waals surface area (Å²) >= 11 is 0. The summed E-state index contributed by atoms with van der Waals surface area (Å²) in [7, 11) is 1.90. The molecule has 110 valence electrons. The topological polar surface area (TPSA) is 49.3 Å². The molecule has 0 radical (unpaired) electrons. The molecule has 1 saturated heterocycles. The number of likely N-dealkylation sites (N-methyl/N-ethyl adjacent to an activating group) is 1. The maximum atomic E-state index is 12.2. The molecule has 0 bridgehead atoms. The number of nitrogens with zero attached hydrogens (tertiary/aromatic N) is 4. The largest absolute Gasteiger partial charge is 0.349 e. The third-order valence-electron chi connectivity index (χ3n) is 3.91. The molecular weight excluding hydrogens is 264 g/mol. The fourth-order valence-electron chi connectivity index (χ4n) is 2.78. The summed E-state index contributed by atoms with van der Waals surface area (Å²) in [6.45, 7) is 4.06. The van der Waals surface area contributed by atoms with Crippen molar-refractivity contribution in [1.82, 2.24) is 14.9 Å². The van der Waals surface area contributed by atoms with Crippen molar-refractivity contribution < 1.29 is 4.79 Å². The number of likely N-dealkylation sites (tertiary alicyclic amines) is 1. The van der Waals surface area contributed by atoms with E-state index in [0.29, 0.717) is 6.54 Å². The van der Waals surface area contributed by atoms with Gasteiger partial charge in [0, 0.05) is 20.1 Å². The summed E-state index contributed by atoms with van der Waals surface area (Å²) in [6, 6.07) is 7.80. The van der Waals surface area contributed by atoms with E-state index in [1.807, 2.05) is 48.0 Å². The summed E-state index contributed by atoms with van der Waals surface area (Å²) in [4.78, 5) is 25.3. The van der Waals surface area contributed by atoms with Gasteiger partial charge in [-0.15, -0.1) is 0 Å². The molecule has 2 heterocycles. The third kappa shape index (κ3) is 2.82. The minimum Gasteiger partial charge on any atom is -0.349 e. The zero-order valence-electron chi connectivity index (χ0n) is 12.5. The lowest BCUT2D eigenvalue weighted by atomic mass is 10.3. The van der Waals surface area contributed by atoms with Crippen molar-refractivity contribution in [3.8, 4) is 0 Å². The minimum absolute atomic E-state index is 0.171. The Kier molecular flexibility index (Phi) is 3.73. The lowest BCUT2D eigenvalue weighted by Gasteiger charge is -2.23. The van der Waals surface area contributed by atoms with E-state index in [0.717, 1.165) is 48.5 Å². The van der Waals surface area contributed by atoms with E-state index >= 15 is 0 Å². The lowest BCUT2D eigenvalue weighted by molar-refractivity contribution is -0.128. The van der Waals surface area contributed by atoms with Crippen LogP contribution in [0.4, 0.5) is 5.82 Å². The molecular formula is C16H20N4O. The van der Waals surface area contributed by atoms with Crippen LogP contribution in [0.2, 0.25) is 0 Å². The van der Waals surface area contributed by atoms with Crippen molar-refractivity contribution in [2.45, 2.75) is 19.8 Å². The van der Waals surface area contributed by atoms with Crippen molar-refractivity contribution in [1.29, 1.82) is 0 Å². The lowest BCUT2D eigenvalue weighted by Crippen LogP contribution is -2.37. The van der Waals surface area contributed by atoms with Gasteiger partial charge in [-0.1, -0.05) is 12.1 Å². The Balaban J connectivity index is 1.81. The Labute approximate surface area is 124 Å². The van der Waals surface area contributed by atoms with E-state index < -0.39 is 0 Å². The number of amides is 1. The molecule has 1 fully saturated rings. The van der Waals surface area contributed by atoms with Crippen LogP contribution in [0.5, 0.6) is 0 Å². The third-order valence-corrected chi connectivity index (χ3v) is 3.91. The molecule has 21 heavy (non-hydrogen) atoms. The van der Waals surface area contributed by atoms with Crippen LogP contribution in [0.3, 0.4) is 0 Å². The SMILES string of the molecule is Cc1nc2ccccc2nc1N(C)CC(=O)N1CCCC1. The van der Waals surface area contributed by atoms with Crippen molar-refractivity contribution >= 4 is 22.8 Å². The van der Waals surface area contributed by atoms with Crippen molar-refractivity contribution in [3.63, 3.8) is 0 Å². The highest BCUT2D eigenvalue weighted by Crippen LogP contribution is 2.19. The predicted molar refractivity (Wildman–Crippen MR) is 83.4 cm³/mol. The maximum Gasteiger partial charge on any atom is 0.242 e. The highest BCUT2D eigenvalue weighted by molar-refractivity contribution is 5.82. The zero-order valence-corrected chi connectivity index (χ0v) is 12.5. The Bertz CT molecular complexity index is 664. The van der Waals surface area contributed by atoms with Gasteiger partial charge in [-0.05, 0) is 31.9 Å². The number of para-hydroxylation sites is 2. The first-order valence-corrected chi connectivity index (χ1v) is 7.37. The first-order valence-electron chi connectivity index (χ1n) is 7.37. The Morgan fingerprint density at radius 2 is 1.81 bits per heavy atom. The average Bonchev–Trinajstić information content (AvgIpc) is 3.00. The van der Waals surface area contributed by atoms with Crippen LogP contribution in [-0.4, -0.2) is 47.5 Å². The molecule has 0 unspecified atom stereocenters. The predicted octanol–water partition coefficient (Wildman–Crippen LogP) is 2.00. The smallest absolute Gasteiger partial charge is 0.242 e. The molecule has 5 heteroatoms. The van der Waals surface area contributed by atoms with Crippen molar-refractivity contribution in [2.24, 2.45) is 0 Å². The number of hydrogen-bond donors (Lipinski definition) is 0. The standard InChI is InChI=1S/C16H20N4O/c1-12-16(18-14-8-4-3-7-13(14)17-12)19(2)11-15(21)20-9-5-6-10-20/h3-4,7-8H,5-6,9-11H2,1-2H3. The monoisotopic (exact) mass is 284 g/mol. The highest BCUT2D eigenvalue weighted by Gasteiger charge is 2.20. The minimum atomic E-state index is 0.171.